The highest BCUT2D eigenvalue weighted by atomic mass is 79.9. The molecule has 2 aromatic rings. The Bertz CT molecular complexity index is 589. The molecule has 0 atom stereocenters. The summed E-state index contributed by atoms with van der Waals surface area (Å²) >= 11 is 9.53. The smallest absolute Gasteiger partial charge is 0.224 e. The van der Waals surface area contributed by atoms with Gasteiger partial charge in [0.2, 0.25) is 5.95 Å². The van der Waals surface area contributed by atoms with Crippen molar-refractivity contribution in [2.45, 2.75) is 13.8 Å². The Morgan fingerprint density at radius 2 is 2.16 bits per heavy atom. The van der Waals surface area contributed by atoms with E-state index in [0.29, 0.717) is 11.0 Å². The Morgan fingerprint density at radius 3 is 2.89 bits per heavy atom. The van der Waals surface area contributed by atoms with Crippen molar-refractivity contribution < 1.29 is 0 Å². The van der Waals surface area contributed by atoms with E-state index in [-0.39, 0.29) is 0 Å². The number of anilines is 3. The fourth-order valence-corrected chi connectivity index (χ4v) is 2.08. The molecule has 0 aliphatic rings. The van der Waals surface area contributed by atoms with Crippen LogP contribution in [-0.4, -0.2) is 16.5 Å². The van der Waals surface area contributed by atoms with Gasteiger partial charge in [0.05, 0.1) is 15.2 Å². The number of benzene rings is 1. The third kappa shape index (κ3) is 3.36. The second-order valence-electron chi connectivity index (χ2n) is 3.98. The van der Waals surface area contributed by atoms with Gasteiger partial charge in [0.25, 0.3) is 0 Å². The van der Waals surface area contributed by atoms with Gasteiger partial charge in [-0.2, -0.15) is 4.98 Å². The molecule has 2 rings (SSSR count). The molecule has 1 heterocycles. The maximum Gasteiger partial charge on any atom is 0.224 e. The summed E-state index contributed by atoms with van der Waals surface area (Å²) < 4.78 is 0.819. The zero-order valence-corrected chi connectivity index (χ0v) is 13.0. The summed E-state index contributed by atoms with van der Waals surface area (Å²) in [5.41, 5.74) is 1.84. The van der Waals surface area contributed by atoms with Crippen LogP contribution in [0.5, 0.6) is 0 Å². The van der Waals surface area contributed by atoms with Crippen molar-refractivity contribution in [3.63, 3.8) is 0 Å². The van der Waals surface area contributed by atoms with Crippen LogP contribution in [0.3, 0.4) is 0 Å². The molecule has 0 saturated carbocycles. The van der Waals surface area contributed by atoms with Crippen LogP contribution < -0.4 is 10.6 Å². The predicted molar refractivity (Wildman–Crippen MR) is 83.4 cm³/mol. The SMILES string of the molecule is CCNc1ncc(C)c(Nc2cccc(Cl)c2Br)n1. The van der Waals surface area contributed by atoms with Crippen molar-refractivity contribution >= 4 is 45.0 Å². The molecule has 0 bridgehead atoms. The van der Waals surface area contributed by atoms with E-state index in [1.165, 1.54) is 0 Å². The molecule has 19 heavy (non-hydrogen) atoms. The Hall–Kier alpha value is -1.33. The Morgan fingerprint density at radius 1 is 1.37 bits per heavy atom. The van der Waals surface area contributed by atoms with E-state index in [4.69, 9.17) is 11.6 Å². The Kier molecular flexibility index (Phi) is 4.61. The van der Waals surface area contributed by atoms with E-state index >= 15 is 0 Å². The number of nitrogens with one attached hydrogen (secondary N) is 2. The van der Waals surface area contributed by atoms with Gasteiger partial charge in [-0.1, -0.05) is 17.7 Å². The third-order valence-corrected chi connectivity index (χ3v) is 3.91. The number of aryl methyl sites for hydroxylation is 1. The van der Waals surface area contributed by atoms with Crippen LogP contribution in [0.4, 0.5) is 17.5 Å². The van der Waals surface area contributed by atoms with Crippen molar-refractivity contribution in [3.05, 3.63) is 39.5 Å². The van der Waals surface area contributed by atoms with Gasteiger partial charge in [0.1, 0.15) is 5.82 Å². The molecule has 1 aromatic heterocycles. The van der Waals surface area contributed by atoms with Crippen LogP contribution in [0, 0.1) is 6.92 Å². The molecule has 0 radical (unpaired) electrons. The summed E-state index contributed by atoms with van der Waals surface area (Å²) in [4.78, 5) is 8.64. The predicted octanol–water partition coefficient (Wildman–Crippen LogP) is 4.38. The van der Waals surface area contributed by atoms with Crippen LogP contribution in [0.1, 0.15) is 12.5 Å². The first-order valence-corrected chi connectivity index (χ1v) is 7.07. The highest BCUT2D eigenvalue weighted by Crippen LogP contribution is 2.32. The van der Waals surface area contributed by atoms with Gasteiger partial charge in [-0.3, -0.25) is 0 Å². The zero-order chi connectivity index (χ0) is 13.8. The van der Waals surface area contributed by atoms with Crippen molar-refractivity contribution in [2.75, 3.05) is 17.2 Å². The lowest BCUT2D eigenvalue weighted by Crippen LogP contribution is -2.05. The van der Waals surface area contributed by atoms with E-state index in [0.717, 1.165) is 28.1 Å². The number of rotatable bonds is 4. The van der Waals surface area contributed by atoms with Crippen molar-refractivity contribution in [1.29, 1.82) is 0 Å². The summed E-state index contributed by atoms with van der Waals surface area (Å²) in [6.45, 7) is 4.74. The molecule has 0 spiro atoms. The molecule has 100 valence electrons. The van der Waals surface area contributed by atoms with Gasteiger partial charge in [-0.05, 0) is 41.9 Å². The van der Waals surface area contributed by atoms with Gasteiger partial charge in [-0.25, -0.2) is 4.98 Å². The number of hydrogen-bond donors (Lipinski definition) is 2. The third-order valence-electron chi connectivity index (χ3n) is 2.51. The monoisotopic (exact) mass is 340 g/mol. The summed E-state index contributed by atoms with van der Waals surface area (Å²) in [5.74, 6) is 1.36. The second-order valence-corrected chi connectivity index (χ2v) is 5.18. The van der Waals surface area contributed by atoms with E-state index in [9.17, 15) is 0 Å². The molecule has 1 aromatic carbocycles. The number of hydrogen-bond acceptors (Lipinski definition) is 4. The summed E-state index contributed by atoms with van der Waals surface area (Å²) in [6.07, 6.45) is 1.78. The molecule has 0 unspecified atom stereocenters. The Balaban J connectivity index is 2.32. The number of halogens is 2. The average Bonchev–Trinajstić information content (AvgIpc) is 2.39. The summed E-state index contributed by atoms with van der Waals surface area (Å²) in [7, 11) is 0. The molecular weight excluding hydrogens is 328 g/mol. The minimum absolute atomic E-state index is 0.605. The lowest BCUT2D eigenvalue weighted by molar-refractivity contribution is 1.07. The fourth-order valence-electron chi connectivity index (χ4n) is 1.54. The molecule has 0 aliphatic carbocycles. The second kappa shape index (κ2) is 6.21. The molecule has 6 heteroatoms. The number of aromatic nitrogens is 2. The first-order chi connectivity index (χ1) is 9.11. The molecule has 2 N–H and O–H groups in total. The lowest BCUT2D eigenvalue weighted by atomic mass is 10.3. The van der Waals surface area contributed by atoms with E-state index in [1.807, 2.05) is 32.0 Å². The largest absolute Gasteiger partial charge is 0.354 e. The van der Waals surface area contributed by atoms with Gasteiger partial charge in [0, 0.05) is 18.3 Å². The van der Waals surface area contributed by atoms with E-state index in [1.54, 1.807) is 6.20 Å². The molecule has 0 fully saturated rings. The van der Waals surface area contributed by atoms with Crippen molar-refractivity contribution in [2.24, 2.45) is 0 Å². The maximum atomic E-state index is 6.07. The maximum absolute atomic E-state index is 6.07. The van der Waals surface area contributed by atoms with Crippen LogP contribution in [0.15, 0.2) is 28.9 Å². The highest BCUT2D eigenvalue weighted by molar-refractivity contribution is 9.10. The first kappa shape index (κ1) is 14.1. The molecule has 0 saturated heterocycles. The van der Waals surface area contributed by atoms with E-state index < -0.39 is 0 Å². The normalized spacial score (nSPS) is 10.3. The van der Waals surface area contributed by atoms with Crippen LogP contribution >= 0.6 is 27.5 Å². The first-order valence-electron chi connectivity index (χ1n) is 5.90. The molecular formula is C13H14BrClN4. The standard InChI is InChI=1S/C13H14BrClN4/c1-3-16-13-17-7-8(2)12(19-13)18-10-6-4-5-9(15)11(10)14/h4-7H,3H2,1-2H3,(H2,16,17,18,19). The fraction of sp³-hybridized carbons (Fsp3) is 0.231. The van der Waals surface area contributed by atoms with Gasteiger partial charge >= 0.3 is 0 Å². The average molecular weight is 342 g/mol. The number of nitrogens with zero attached hydrogens (tertiary/aromatic N) is 2. The quantitative estimate of drug-likeness (QED) is 0.866. The van der Waals surface area contributed by atoms with Crippen LogP contribution in [-0.2, 0) is 0 Å². The van der Waals surface area contributed by atoms with Gasteiger partial charge < -0.3 is 10.6 Å². The van der Waals surface area contributed by atoms with Gasteiger partial charge in [0.15, 0.2) is 0 Å². The summed E-state index contributed by atoms with van der Waals surface area (Å²) in [6, 6.07) is 5.65. The minimum Gasteiger partial charge on any atom is -0.354 e. The molecule has 0 amide bonds. The topological polar surface area (TPSA) is 49.8 Å². The van der Waals surface area contributed by atoms with Gasteiger partial charge in [-0.15, -0.1) is 0 Å². The van der Waals surface area contributed by atoms with E-state index in [2.05, 4.69) is 36.5 Å². The molecule has 4 nitrogen and oxygen atoms in total. The molecule has 0 aliphatic heterocycles. The summed E-state index contributed by atoms with van der Waals surface area (Å²) in [5, 5.41) is 7.00. The van der Waals surface area contributed by atoms with Crippen LogP contribution in [0.2, 0.25) is 5.02 Å². The highest BCUT2D eigenvalue weighted by Gasteiger charge is 2.08. The van der Waals surface area contributed by atoms with Crippen molar-refractivity contribution in [3.8, 4) is 0 Å². The zero-order valence-electron chi connectivity index (χ0n) is 10.7. The van der Waals surface area contributed by atoms with Crippen molar-refractivity contribution in [1.82, 2.24) is 9.97 Å². The van der Waals surface area contributed by atoms with Crippen LogP contribution in [0.25, 0.3) is 0 Å². The Labute approximate surface area is 125 Å². The lowest BCUT2D eigenvalue weighted by Gasteiger charge is -2.12. The minimum atomic E-state index is 0.605.